The molecule has 238 valence electrons. The Bertz CT molecular complexity index is 2760. The fourth-order valence-corrected chi connectivity index (χ4v) is 9.05. The zero-order valence-electron chi connectivity index (χ0n) is 27.8. The highest BCUT2D eigenvalue weighted by Crippen LogP contribution is 2.57. The average molecular weight is 649 g/mol. The van der Waals surface area contributed by atoms with E-state index < -0.39 is 5.41 Å². The maximum absolute atomic E-state index is 3.76. The van der Waals surface area contributed by atoms with Gasteiger partial charge in [-0.2, -0.15) is 0 Å². The molecule has 8 aromatic carbocycles. The van der Waals surface area contributed by atoms with Crippen molar-refractivity contribution >= 4 is 43.6 Å². The number of nitrogens with one attached hydrogen (secondary N) is 2. The van der Waals surface area contributed by atoms with Crippen LogP contribution in [0.3, 0.4) is 0 Å². The van der Waals surface area contributed by atoms with Crippen LogP contribution in [0.5, 0.6) is 0 Å². The van der Waals surface area contributed by atoms with Gasteiger partial charge in [-0.3, -0.25) is 0 Å². The van der Waals surface area contributed by atoms with Gasteiger partial charge < -0.3 is 9.97 Å². The molecule has 1 aliphatic carbocycles. The lowest BCUT2D eigenvalue weighted by Crippen LogP contribution is -2.28. The number of hydrogen-bond acceptors (Lipinski definition) is 0. The van der Waals surface area contributed by atoms with Gasteiger partial charge in [-0.1, -0.05) is 158 Å². The standard InChI is InChI=1S/C49H32N2/c1-3-13-33(14-4-1)49(34-15-5-2-6-16-34)43-29-31(35-19-11-21-41-39-17-7-9-23-45(39)50-47(35)41)25-27-37(43)38-28-26-32(30-44(38)49)36-20-12-22-42-40-18-8-10-24-46(40)51-48(36)42/h1-30,50-51H. The molecule has 0 aliphatic heterocycles. The van der Waals surface area contributed by atoms with Crippen molar-refractivity contribution < 1.29 is 0 Å². The average Bonchev–Trinajstić information content (AvgIpc) is 3.86. The molecule has 0 bridgehead atoms. The summed E-state index contributed by atoms with van der Waals surface area (Å²) in [6, 6.07) is 67.0. The first kappa shape index (κ1) is 28.2. The highest BCUT2D eigenvalue weighted by Gasteiger charge is 2.46. The van der Waals surface area contributed by atoms with E-state index in [-0.39, 0.29) is 0 Å². The van der Waals surface area contributed by atoms with Crippen molar-refractivity contribution in [2.24, 2.45) is 0 Å². The largest absolute Gasteiger partial charge is 0.354 e. The molecule has 11 rings (SSSR count). The van der Waals surface area contributed by atoms with Crippen LogP contribution in [0.15, 0.2) is 182 Å². The molecule has 10 aromatic rings. The van der Waals surface area contributed by atoms with Crippen LogP contribution in [0, 0.1) is 0 Å². The summed E-state index contributed by atoms with van der Waals surface area (Å²) in [4.78, 5) is 7.52. The Morgan fingerprint density at radius 2 is 0.725 bits per heavy atom. The summed E-state index contributed by atoms with van der Waals surface area (Å²) in [7, 11) is 0. The van der Waals surface area contributed by atoms with E-state index in [4.69, 9.17) is 0 Å². The zero-order chi connectivity index (χ0) is 33.5. The summed E-state index contributed by atoms with van der Waals surface area (Å²) in [6.45, 7) is 0. The first-order chi connectivity index (χ1) is 25.3. The topological polar surface area (TPSA) is 31.6 Å². The van der Waals surface area contributed by atoms with Gasteiger partial charge in [-0.25, -0.2) is 0 Å². The normalized spacial score (nSPS) is 13.3. The van der Waals surface area contributed by atoms with Crippen molar-refractivity contribution in [3.63, 3.8) is 0 Å². The first-order valence-electron chi connectivity index (χ1n) is 17.7. The molecule has 0 unspecified atom stereocenters. The maximum Gasteiger partial charge on any atom is 0.0713 e. The lowest BCUT2D eigenvalue weighted by Gasteiger charge is -2.34. The van der Waals surface area contributed by atoms with E-state index >= 15 is 0 Å². The Labute approximate surface area is 295 Å². The molecule has 2 nitrogen and oxygen atoms in total. The number of H-pyrrole nitrogens is 2. The number of para-hydroxylation sites is 4. The Hall–Kier alpha value is -6.64. The summed E-state index contributed by atoms with van der Waals surface area (Å²) >= 11 is 0. The fraction of sp³-hybridized carbons (Fsp3) is 0.0204. The van der Waals surface area contributed by atoms with E-state index in [9.17, 15) is 0 Å². The number of fused-ring (bicyclic) bond motifs is 9. The fourth-order valence-electron chi connectivity index (χ4n) is 9.05. The van der Waals surface area contributed by atoms with Crippen molar-refractivity contribution in [3.05, 3.63) is 204 Å². The lowest BCUT2D eigenvalue weighted by molar-refractivity contribution is 0.769. The zero-order valence-corrected chi connectivity index (χ0v) is 27.8. The van der Waals surface area contributed by atoms with Crippen molar-refractivity contribution in [2.75, 3.05) is 0 Å². The van der Waals surface area contributed by atoms with Crippen LogP contribution in [0.1, 0.15) is 22.3 Å². The van der Waals surface area contributed by atoms with Gasteiger partial charge in [0.1, 0.15) is 0 Å². The van der Waals surface area contributed by atoms with E-state index in [1.54, 1.807) is 0 Å². The van der Waals surface area contributed by atoms with Gasteiger partial charge >= 0.3 is 0 Å². The molecule has 0 amide bonds. The van der Waals surface area contributed by atoms with Gasteiger partial charge in [0.25, 0.3) is 0 Å². The highest BCUT2D eigenvalue weighted by molar-refractivity contribution is 6.13. The molecule has 0 spiro atoms. The Morgan fingerprint density at radius 3 is 1.20 bits per heavy atom. The molecule has 0 saturated carbocycles. The Balaban J connectivity index is 1.20. The van der Waals surface area contributed by atoms with Crippen LogP contribution in [0.2, 0.25) is 0 Å². The van der Waals surface area contributed by atoms with Crippen molar-refractivity contribution in [2.45, 2.75) is 5.41 Å². The summed E-state index contributed by atoms with van der Waals surface area (Å²) in [5.41, 5.74) is 16.7. The van der Waals surface area contributed by atoms with Gasteiger partial charge in [-0.15, -0.1) is 0 Å². The van der Waals surface area contributed by atoms with Gasteiger partial charge in [-0.05, 0) is 68.8 Å². The van der Waals surface area contributed by atoms with E-state index in [0.29, 0.717) is 0 Å². The molecule has 0 radical (unpaired) electrons. The van der Waals surface area contributed by atoms with Gasteiger partial charge in [0.2, 0.25) is 0 Å². The van der Waals surface area contributed by atoms with Crippen LogP contribution in [0.4, 0.5) is 0 Å². The molecule has 1 aliphatic rings. The van der Waals surface area contributed by atoms with Gasteiger partial charge in [0, 0.05) is 43.7 Å². The van der Waals surface area contributed by atoms with Crippen molar-refractivity contribution in [3.8, 4) is 33.4 Å². The third-order valence-electron chi connectivity index (χ3n) is 11.3. The molecule has 0 fully saturated rings. The second-order valence-electron chi connectivity index (χ2n) is 13.8. The molecule has 2 heterocycles. The van der Waals surface area contributed by atoms with E-state index in [1.165, 1.54) is 88.2 Å². The van der Waals surface area contributed by atoms with E-state index in [0.717, 1.165) is 11.0 Å². The molecule has 51 heavy (non-hydrogen) atoms. The monoisotopic (exact) mass is 648 g/mol. The highest BCUT2D eigenvalue weighted by atomic mass is 14.7. The summed E-state index contributed by atoms with van der Waals surface area (Å²) < 4.78 is 0. The SMILES string of the molecule is c1ccc(C2(c3ccccc3)c3cc(-c4cccc5c4[nH]c4ccccc45)ccc3-c3ccc(-c4cccc5c4[nH]c4ccccc45)cc32)cc1. The number of hydrogen-bond donors (Lipinski definition) is 2. The van der Waals surface area contributed by atoms with Crippen molar-refractivity contribution in [1.82, 2.24) is 9.97 Å². The first-order valence-corrected chi connectivity index (χ1v) is 17.7. The minimum Gasteiger partial charge on any atom is -0.354 e. The smallest absolute Gasteiger partial charge is 0.0713 e. The van der Waals surface area contributed by atoms with Gasteiger partial charge in [0.15, 0.2) is 0 Å². The molecular weight excluding hydrogens is 617 g/mol. The molecule has 2 aromatic heterocycles. The quantitative estimate of drug-likeness (QED) is 0.190. The van der Waals surface area contributed by atoms with Crippen LogP contribution in [0.25, 0.3) is 77.0 Å². The molecule has 0 saturated heterocycles. The third kappa shape index (κ3) is 3.93. The summed E-state index contributed by atoms with van der Waals surface area (Å²) in [5.74, 6) is 0. The number of rotatable bonds is 4. The molecule has 0 atom stereocenters. The number of aromatic amines is 2. The Kier molecular flexibility index (Phi) is 5.91. The van der Waals surface area contributed by atoms with Gasteiger partial charge in [0.05, 0.1) is 16.4 Å². The third-order valence-corrected chi connectivity index (χ3v) is 11.3. The van der Waals surface area contributed by atoms with E-state index in [1.807, 2.05) is 0 Å². The van der Waals surface area contributed by atoms with Crippen LogP contribution in [-0.4, -0.2) is 9.97 Å². The lowest BCUT2D eigenvalue weighted by atomic mass is 9.67. The predicted molar refractivity (Wildman–Crippen MR) is 213 cm³/mol. The molecule has 2 N–H and O–H groups in total. The minimum atomic E-state index is -0.526. The minimum absolute atomic E-state index is 0.526. The second kappa shape index (κ2) is 10.7. The molecular formula is C49H32N2. The Morgan fingerprint density at radius 1 is 0.314 bits per heavy atom. The summed E-state index contributed by atoms with van der Waals surface area (Å²) in [6.07, 6.45) is 0. The van der Waals surface area contributed by atoms with Crippen LogP contribution < -0.4 is 0 Å². The van der Waals surface area contributed by atoms with E-state index in [2.05, 4.69) is 192 Å². The second-order valence-corrected chi connectivity index (χ2v) is 13.8. The summed E-state index contributed by atoms with van der Waals surface area (Å²) in [5, 5.41) is 5.01. The van der Waals surface area contributed by atoms with Crippen molar-refractivity contribution in [1.29, 1.82) is 0 Å². The van der Waals surface area contributed by atoms with Crippen LogP contribution in [-0.2, 0) is 5.41 Å². The molecule has 2 heteroatoms. The predicted octanol–water partition coefficient (Wildman–Crippen LogP) is 12.7. The number of aromatic nitrogens is 2. The number of benzene rings is 8. The van der Waals surface area contributed by atoms with Crippen LogP contribution >= 0.6 is 0 Å². The maximum atomic E-state index is 3.76.